The lowest BCUT2D eigenvalue weighted by atomic mass is 10.1. The normalized spacial score (nSPS) is 21.6. The van der Waals surface area contributed by atoms with Crippen LogP contribution in [-0.4, -0.2) is 32.5 Å². The van der Waals surface area contributed by atoms with Gasteiger partial charge in [-0.15, -0.1) is 0 Å². The summed E-state index contributed by atoms with van der Waals surface area (Å²) in [6, 6.07) is 10.5. The Bertz CT molecular complexity index is 470. The van der Waals surface area contributed by atoms with Gasteiger partial charge in [0.1, 0.15) is 0 Å². The van der Waals surface area contributed by atoms with Gasteiger partial charge < -0.3 is 5.32 Å². The maximum absolute atomic E-state index is 11.6. The van der Waals surface area contributed by atoms with E-state index in [2.05, 4.69) is 29.6 Å². The molecule has 1 N–H and O–H groups in total. The van der Waals surface area contributed by atoms with Crippen molar-refractivity contribution < 1.29 is 8.42 Å². The fourth-order valence-corrected chi connectivity index (χ4v) is 4.37. The zero-order valence-corrected chi connectivity index (χ0v) is 12.2. The number of hydrogen-bond acceptors (Lipinski definition) is 3. The molecule has 1 aliphatic rings. The van der Waals surface area contributed by atoms with Crippen LogP contribution < -0.4 is 5.32 Å². The van der Waals surface area contributed by atoms with E-state index in [0.29, 0.717) is 12.3 Å². The van der Waals surface area contributed by atoms with E-state index in [-0.39, 0.29) is 5.25 Å². The van der Waals surface area contributed by atoms with Crippen molar-refractivity contribution in [3.05, 3.63) is 35.9 Å². The van der Waals surface area contributed by atoms with Gasteiger partial charge in [-0.1, -0.05) is 30.3 Å². The maximum atomic E-state index is 11.6. The van der Waals surface area contributed by atoms with E-state index < -0.39 is 9.84 Å². The third-order valence-electron chi connectivity index (χ3n) is 3.75. The van der Waals surface area contributed by atoms with Crippen LogP contribution in [0.1, 0.15) is 31.2 Å². The molecule has 0 radical (unpaired) electrons. The van der Waals surface area contributed by atoms with Gasteiger partial charge in [-0.25, -0.2) is 8.42 Å². The Morgan fingerprint density at radius 2 is 1.95 bits per heavy atom. The smallest absolute Gasteiger partial charge is 0.154 e. The first-order valence-corrected chi connectivity index (χ1v) is 8.86. The van der Waals surface area contributed by atoms with E-state index in [4.69, 9.17) is 0 Å². The average molecular weight is 281 g/mol. The van der Waals surface area contributed by atoms with Gasteiger partial charge in [0.15, 0.2) is 9.84 Å². The van der Waals surface area contributed by atoms with E-state index in [1.165, 1.54) is 5.56 Å². The lowest BCUT2D eigenvalue weighted by molar-refractivity contribution is 0.565. The highest BCUT2D eigenvalue weighted by molar-refractivity contribution is 7.92. The Hall–Kier alpha value is -0.870. The molecule has 0 aromatic heterocycles. The van der Waals surface area contributed by atoms with Gasteiger partial charge in [0.2, 0.25) is 0 Å². The molecule has 106 valence electrons. The first-order chi connectivity index (χ1) is 9.18. The van der Waals surface area contributed by atoms with Crippen molar-refractivity contribution in [2.24, 2.45) is 0 Å². The van der Waals surface area contributed by atoms with Crippen LogP contribution >= 0.6 is 0 Å². The quantitative estimate of drug-likeness (QED) is 0.779. The highest BCUT2D eigenvalue weighted by Crippen LogP contribution is 2.18. The van der Waals surface area contributed by atoms with Gasteiger partial charge in [-0.3, -0.25) is 0 Å². The number of aryl methyl sites for hydroxylation is 1. The number of benzene rings is 1. The predicted octanol–water partition coefficient (Wildman–Crippen LogP) is 2.18. The van der Waals surface area contributed by atoms with Crippen LogP contribution in [-0.2, 0) is 16.3 Å². The Morgan fingerprint density at radius 3 is 2.63 bits per heavy atom. The largest absolute Gasteiger partial charge is 0.315 e. The molecule has 1 atom stereocenters. The highest BCUT2D eigenvalue weighted by Gasteiger charge is 2.30. The molecule has 1 heterocycles. The van der Waals surface area contributed by atoms with Gasteiger partial charge in [0.05, 0.1) is 11.0 Å². The molecule has 0 bridgehead atoms. The number of sulfone groups is 1. The van der Waals surface area contributed by atoms with Gasteiger partial charge in [-0.05, 0) is 44.2 Å². The number of hydrogen-bond donors (Lipinski definition) is 1. The van der Waals surface area contributed by atoms with Gasteiger partial charge in [0.25, 0.3) is 0 Å². The molecular formula is C15H23NO2S. The molecule has 1 aromatic rings. The summed E-state index contributed by atoms with van der Waals surface area (Å²) in [6.45, 7) is 1.55. The van der Waals surface area contributed by atoms with Crippen LogP contribution in [0.2, 0.25) is 0 Å². The van der Waals surface area contributed by atoms with E-state index >= 15 is 0 Å². The zero-order chi connectivity index (χ0) is 13.6. The van der Waals surface area contributed by atoms with Gasteiger partial charge >= 0.3 is 0 Å². The zero-order valence-electron chi connectivity index (χ0n) is 11.3. The summed E-state index contributed by atoms with van der Waals surface area (Å²) in [6.07, 6.45) is 5.02. The molecule has 1 saturated heterocycles. The van der Waals surface area contributed by atoms with E-state index in [1.807, 2.05) is 6.07 Å². The minimum Gasteiger partial charge on any atom is -0.315 e. The van der Waals surface area contributed by atoms with Crippen molar-refractivity contribution in [3.63, 3.8) is 0 Å². The van der Waals surface area contributed by atoms with Crippen LogP contribution in [0.15, 0.2) is 30.3 Å². The summed E-state index contributed by atoms with van der Waals surface area (Å²) in [4.78, 5) is 0. The third-order valence-corrected chi connectivity index (χ3v) is 6.02. The highest BCUT2D eigenvalue weighted by atomic mass is 32.2. The lowest BCUT2D eigenvalue weighted by Crippen LogP contribution is -2.31. The van der Waals surface area contributed by atoms with E-state index in [9.17, 15) is 8.42 Å². The van der Waals surface area contributed by atoms with Crippen LogP contribution in [0.3, 0.4) is 0 Å². The van der Waals surface area contributed by atoms with Gasteiger partial charge in [-0.2, -0.15) is 0 Å². The average Bonchev–Trinajstić information content (AvgIpc) is 2.74. The molecule has 4 heteroatoms. The summed E-state index contributed by atoms with van der Waals surface area (Å²) < 4.78 is 23.3. The summed E-state index contributed by atoms with van der Waals surface area (Å²) in [5.74, 6) is 0.382. The fraction of sp³-hybridized carbons (Fsp3) is 0.600. The minimum absolute atomic E-state index is 0.137. The van der Waals surface area contributed by atoms with Crippen molar-refractivity contribution in [3.8, 4) is 0 Å². The summed E-state index contributed by atoms with van der Waals surface area (Å²) in [5, 5.41) is 3.15. The molecule has 1 fully saturated rings. The molecular weight excluding hydrogens is 258 g/mol. The van der Waals surface area contributed by atoms with Crippen LogP contribution in [0.25, 0.3) is 0 Å². The maximum Gasteiger partial charge on any atom is 0.154 e. The van der Waals surface area contributed by atoms with Gasteiger partial charge in [0, 0.05) is 6.54 Å². The second kappa shape index (κ2) is 7.06. The lowest BCUT2D eigenvalue weighted by Gasteiger charge is -2.10. The molecule has 3 nitrogen and oxygen atoms in total. The van der Waals surface area contributed by atoms with Crippen molar-refractivity contribution in [2.45, 2.75) is 37.4 Å². The third kappa shape index (κ3) is 4.62. The summed E-state index contributed by atoms with van der Waals surface area (Å²) >= 11 is 0. The number of rotatable bonds is 7. The SMILES string of the molecule is O=S1(=O)CCCC1CNCCCCc1ccccc1. The van der Waals surface area contributed by atoms with Crippen LogP contribution in [0.5, 0.6) is 0 Å². The molecule has 1 aliphatic heterocycles. The van der Waals surface area contributed by atoms with Crippen LogP contribution in [0.4, 0.5) is 0 Å². The number of unbranched alkanes of at least 4 members (excludes halogenated alkanes) is 1. The molecule has 1 aromatic carbocycles. The molecule has 2 rings (SSSR count). The standard InChI is InChI=1S/C15H23NO2S/c17-19(18)12-6-10-15(19)13-16-11-5-4-9-14-7-2-1-3-8-14/h1-3,7-8,15-16H,4-6,9-13H2. The molecule has 1 unspecified atom stereocenters. The number of nitrogens with one attached hydrogen (secondary N) is 1. The second-order valence-electron chi connectivity index (χ2n) is 5.28. The molecule has 19 heavy (non-hydrogen) atoms. The van der Waals surface area contributed by atoms with E-state index in [0.717, 1.165) is 38.6 Å². The molecule has 0 amide bonds. The van der Waals surface area contributed by atoms with Crippen molar-refractivity contribution in [2.75, 3.05) is 18.8 Å². The van der Waals surface area contributed by atoms with Crippen molar-refractivity contribution >= 4 is 9.84 Å². The first kappa shape index (κ1) is 14.5. The topological polar surface area (TPSA) is 46.2 Å². The Labute approximate surface area is 116 Å². The molecule has 0 saturated carbocycles. The molecule has 0 spiro atoms. The van der Waals surface area contributed by atoms with Crippen molar-refractivity contribution in [1.29, 1.82) is 0 Å². The van der Waals surface area contributed by atoms with Crippen LogP contribution in [0, 0.1) is 0 Å². The first-order valence-electron chi connectivity index (χ1n) is 7.15. The minimum atomic E-state index is -2.79. The molecule has 0 aliphatic carbocycles. The Morgan fingerprint density at radius 1 is 1.16 bits per heavy atom. The van der Waals surface area contributed by atoms with E-state index in [1.54, 1.807) is 0 Å². The predicted molar refractivity (Wildman–Crippen MR) is 79.1 cm³/mol. The Kier molecular flexibility index (Phi) is 5.40. The van der Waals surface area contributed by atoms with Crippen molar-refractivity contribution in [1.82, 2.24) is 5.32 Å². The Balaban J connectivity index is 1.55. The fourth-order valence-electron chi connectivity index (χ4n) is 2.57. The second-order valence-corrected chi connectivity index (χ2v) is 7.68. The monoisotopic (exact) mass is 281 g/mol. The summed E-state index contributed by atoms with van der Waals surface area (Å²) in [7, 11) is -2.79. The summed E-state index contributed by atoms with van der Waals surface area (Å²) in [5.41, 5.74) is 1.38.